The van der Waals surface area contributed by atoms with Crippen LogP contribution in [0.4, 0.5) is 17.1 Å². The van der Waals surface area contributed by atoms with Gasteiger partial charge in [0, 0.05) is 17.8 Å². The maximum absolute atomic E-state index is 12.6. The molecule has 0 radical (unpaired) electrons. The van der Waals surface area contributed by atoms with Crippen molar-refractivity contribution in [2.75, 3.05) is 43.3 Å². The number of carbonyl (C=O) groups is 1. The third kappa shape index (κ3) is 3.77. The maximum Gasteiger partial charge on any atom is 0.243 e. The minimum absolute atomic E-state index is 0.0346. The van der Waals surface area contributed by atoms with Crippen molar-refractivity contribution in [3.8, 4) is 17.2 Å². The first-order valence-electron chi connectivity index (χ1n) is 8.33. The molecule has 1 aliphatic heterocycles. The normalized spacial score (nSPS) is 15.7. The lowest BCUT2D eigenvalue weighted by molar-refractivity contribution is -0.115. The van der Waals surface area contributed by atoms with Crippen molar-refractivity contribution in [3.05, 3.63) is 36.4 Å². The van der Waals surface area contributed by atoms with Crippen LogP contribution in [0.5, 0.6) is 17.2 Å². The molecule has 0 aliphatic carbocycles. The number of hydrogen-bond acceptors (Lipinski definition) is 6. The van der Waals surface area contributed by atoms with E-state index in [-0.39, 0.29) is 18.6 Å². The van der Waals surface area contributed by atoms with Crippen molar-refractivity contribution in [3.63, 3.8) is 0 Å². The Hall–Kier alpha value is -3.09. The molecule has 3 rings (SSSR count). The predicted molar refractivity (Wildman–Crippen MR) is 101 cm³/mol. The maximum atomic E-state index is 12.6. The van der Waals surface area contributed by atoms with Crippen molar-refractivity contribution in [1.29, 1.82) is 0 Å². The van der Waals surface area contributed by atoms with Crippen molar-refractivity contribution >= 4 is 23.0 Å². The highest BCUT2D eigenvalue weighted by atomic mass is 16.5. The van der Waals surface area contributed by atoms with Crippen LogP contribution in [0.25, 0.3) is 0 Å². The summed E-state index contributed by atoms with van der Waals surface area (Å²) in [5, 5.41) is 2.89. The van der Waals surface area contributed by atoms with Crippen molar-refractivity contribution in [2.45, 2.75) is 13.0 Å². The van der Waals surface area contributed by atoms with Crippen LogP contribution in [0.15, 0.2) is 36.4 Å². The monoisotopic (exact) mass is 357 g/mol. The van der Waals surface area contributed by atoms with Gasteiger partial charge in [-0.05, 0) is 31.2 Å². The molecule has 2 aromatic rings. The first-order chi connectivity index (χ1) is 12.5. The fraction of sp³-hybridized carbons (Fsp3) is 0.316. The zero-order chi connectivity index (χ0) is 18.7. The third-order valence-electron chi connectivity index (χ3n) is 4.15. The van der Waals surface area contributed by atoms with Gasteiger partial charge in [0.1, 0.15) is 23.4 Å². The summed E-state index contributed by atoms with van der Waals surface area (Å²) in [5.41, 5.74) is 7.91. The van der Waals surface area contributed by atoms with E-state index in [1.807, 2.05) is 17.9 Å². The average Bonchev–Trinajstić information content (AvgIpc) is 2.61. The van der Waals surface area contributed by atoms with Gasteiger partial charge in [0.2, 0.25) is 5.91 Å². The first-order valence-corrected chi connectivity index (χ1v) is 8.33. The highest BCUT2D eigenvalue weighted by Gasteiger charge is 2.25. The Kier molecular flexibility index (Phi) is 5.06. The van der Waals surface area contributed by atoms with Crippen LogP contribution < -0.4 is 30.2 Å². The standard InChI is InChI=1S/C19H23N3O4/c1-12-10-22(16-7-4-13(20)8-18(16)26-12)11-19(23)21-15-6-5-14(24-2)9-17(15)25-3/h4-9,12H,10-11,20H2,1-3H3,(H,21,23). The largest absolute Gasteiger partial charge is 0.497 e. The number of carbonyl (C=O) groups excluding carboxylic acids is 1. The van der Waals surface area contributed by atoms with E-state index in [0.717, 1.165) is 5.69 Å². The lowest BCUT2D eigenvalue weighted by Gasteiger charge is -2.34. The van der Waals surface area contributed by atoms with Crippen LogP contribution in [-0.4, -0.2) is 39.3 Å². The van der Waals surface area contributed by atoms with Crippen molar-refractivity contribution in [2.24, 2.45) is 0 Å². The molecule has 26 heavy (non-hydrogen) atoms. The van der Waals surface area contributed by atoms with Gasteiger partial charge in [0.05, 0.1) is 38.7 Å². The number of anilines is 3. The van der Waals surface area contributed by atoms with Crippen LogP contribution >= 0.6 is 0 Å². The summed E-state index contributed by atoms with van der Waals surface area (Å²) in [6.45, 7) is 2.77. The highest BCUT2D eigenvalue weighted by Crippen LogP contribution is 2.35. The topological polar surface area (TPSA) is 86.0 Å². The zero-order valence-electron chi connectivity index (χ0n) is 15.1. The molecule has 0 bridgehead atoms. The minimum Gasteiger partial charge on any atom is -0.497 e. The zero-order valence-corrected chi connectivity index (χ0v) is 15.1. The highest BCUT2D eigenvalue weighted by molar-refractivity contribution is 5.95. The molecule has 7 heteroatoms. The quantitative estimate of drug-likeness (QED) is 0.800. The Bertz CT molecular complexity index is 809. The van der Waals surface area contributed by atoms with E-state index >= 15 is 0 Å². The molecule has 1 atom stereocenters. The molecule has 0 saturated heterocycles. The van der Waals surface area contributed by atoms with Crippen molar-refractivity contribution in [1.82, 2.24) is 0 Å². The Morgan fingerprint density at radius 3 is 2.81 bits per heavy atom. The number of methoxy groups -OCH3 is 2. The average molecular weight is 357 g/mol. The van der Waals surface area contributed by atoms with Gasteiger partial charge in [0.15, 0.2) is 0 Å². The van der Waals surface area contributed by atoms with Gasteiger partial charge in [-0.3, -0.25) is 4.79 Å². The van der Waals surface area contributed by atoms with Crippen molar-refractivity contribution < 1.29 is 19.0 Å². The lowest BCUT2D eigenvalue weighted by Crippen LogP contribution is -2.42. The Labute approximate surface area is 152 Å². The second-order valence-electron chi connectivity index (χ2n) is 6.15. The SMILES string of the molecule is COc1ccc(NC(=O)CN2CC(C)Oc3cc(N)ccc32)c(OC)c1. The number of rotatable bonds is 5. The minimum atomic E-state index is -0.148. The second kappa shape index (κ2) is 7.43. The van der Waals surface area contributed by atoms with E-state index in [2.05, 4.69) is 5.32 Å². The third-order valence-corrected chi connectivity index (χ3v) is 4.15. The molecule has 0 saturated carbocycles. The number of ether oxygens (including phenoxy) is 3. The summed E-state index contributed by atoms with van der Waals surface area (Å²) < 4.78 is 16.3. The molecule has 0 fully saturated rings. The van der Waals surface area contributed by atoms with Gasteiger partial charge in [-0.2, -0.15) is 0 Å². The smallest absolute Gasteiger partial charge is 0.243 e. The van der Waals surface area contributed by atoms with Crippen LogP contribution in [0.3, 0.4) is 0 Å². The van der Waals surface area contributed by atoms with Gasteiger partial charge < -0.3 is 30.2 Å². The van der Waals surface area contributed by atoms with Crippen LogP contribution in [0.2, 0.25) is 0 Å². The number of benzene rings is 2. The summed E-state index contributed by atoms with van der Waals surface area (Å²) in [5.74, 6) is 1.75. The Balaban J connectivity index is 1.75. The second-order valence-corrected chi connectivity index (χ2v) is 6.15. The summed E-state index contributed by atoms with van der Waals surface area (Å²) in [6, 6.07) is 10.7. The number of nitrogens with one attached hydrogen (secondary N) is 1. The van der Waals surface area contributed by atoms with Gasteiger partial charge in [-0.1, -0.05) is 0 Å². The summed E-state index contributed by atoms with van der Waals surface area (Å²) in [6.07, 6.45) is -0.0346. The summed E-state index contributed by atoms with van der Waals surface area (Å²) in [4.78, 5) is 14.6. The molecule has 0 aromatic heterocycles. The Morgan fingerprint density at radius 2 is 2.08 bits per heavy atom. The number of nitrogens with zero attached hydrogens (tertiary/aromatic N) is 1. The molecule has 2 aromatic carbocycles. The number of hydrogen-bond donors (Lipinski definition) is 2. The van der Waals surface area contributed by atoms with E-state index in [4.69, 9.17) is 19.9 Å². The molecule has 138 valence electrons. The number of fused-ring (bicyclic) bond motifs is 1. The molecular formula is C19H23N3O4. The van der Waals surface area contributed by atoms with Crippen LogP contribution in [0, 0.1) is 0 Å². The number of nitrogen functional groups attached to an aromatic ring is 1. The molecule has 1 heterocycles. The molecule has 1 aliphatic rings. The van der Waals surface area contributed by atoms with Gasteiger partial charge in [0.25, 0.3) is 0 Å². The molecular weight excluding hydrogens is 334 g/mol. The fourth-order valence-electron chi connectivity index (χ4n) is 2.96. The number of nitrogens with two attached hydrogens (primary N) is 1. The van der Waals surface area contributed by atoms with Gasteiger partial charge in [-0.25, -0.2) is 0 Å². The lowest BCUT2D eigenvalue weighted by atomic mass is 10.2. The first kappa shape index (κ1) is 17.7. The summed E-state index contributed by atoms with van der Waals surface area (Å²) >= 11 is 0. The molecule has 1 unspecified atom stereocenters. The summed E-state index contributed by atoms with van der Waals surface area (Å²) in [7, 11) is 3.13. The van der Waals surface area contributed by atoms with E-state index in [0.29, 0.717) is 35.2 Å². The molecule has 3 N–H and O–H groups in total. The molecule has 1 amide bonds. The van der Waals surface area contributed by atoms with Gasteiger partial charge in [-0.15, -0.1) is 0 Å². The van der Waals surface area contributed by atoms with E-state index in [1.165, 1.54) is 0 Å². The Morgan fingerprint density at radius 1 is 1.27 bits per heavy atom. The molecule has 0 spiro atoms. The predicted octanol–water partition coefficient (Wildman–Crippen LogP) is 2.51. The molecule has 7 nitrogen and oxygen atoms in total. The number of amides is 1. The fourth-order valence-corrected chi connectivity index (χ4v) is 2.96. The van der Waals surface area contributed by atoms with E-state index in [1.54, 1.807) is 44.6 Å². The van der Waals surface area contributed by atoms with E-state index < -0.39 is 0 Å². The van der Waals surface area contributed by atoms with Gasteiger partial charge >= 0.3 is 0 Å². The van der Waals surface area contributed by atoms with Crippen LogP contribution in [-0.2, 0) is 4.79 Å². The van der Waals surface area contributed by atoms with Crippen LogP contribution in [0.1, 0.15) is 6.92 Å². The van der Waals surface area contributed by atoms with E-state index in [9.17, 15) is 4.79 Å².